The number of thiophene rings is 1. The van der Waals surface area contributed by atoms with Crippen molar-refractivity contribution < 1.29 is 4.42 Å². The van der Waals surface area contributed by atoms with Gasteiger partial charge >= 0.3 is 0 Å². The number of hydrogen-bond donors (Lipinski definition) is 0. The highest BCUT2D eigenvalue weighted by molar-refractivity contribution is 7.26. The van der Waals surface area contributed by atoms with Gasteiger partial charge in [0.15, 0.2) is 0 Å². The van der Waals surface area contributed by atoms with Crippen molar-refractivity contribution in [1.29, 1.82) is 0 Å². The van der Waals surface area contributed by atoms with Crippen LogP contribution in [0.15, 0.2) is 478 Å². The van der Waals surface area contributed by atoms with Crippen LogP contribution in [0.3, 0.4) is 0 Å². The normalized spacial score (nSPS) is 13.2. The van der Waals surface area contributed by atoms with E-state index in [2.05, 4.69) is 477 Å². The highest BCUT2D eigenvalue weighted by Crippen LogP contribution is 2.66. The molecular weight excluding hydrogens is 1640 g/mol. The van der Waals surface area contributed by atoms with Crippen LogP contribution in [0.5, 0.6) is 0 Å². The van der Waals surface area contributed by atoms with Gasteiger partial charge in [-0.25, -0.2) is 0 Å². The fourth-order valence-electron chi connectivity index (χ4n) is 24.6. The second-order valence-corrected chi connectivity index (χ2v) is 37.6. The summed E-state index contributed by atoms with van der Waals surface area (Å²) in [6, 6.07) is 176. The van der Waals surface area contributed by atoms with Crippen LogP contribution >= 0.6 is 11.3 Å². The lowest BCUT2D eigenvalue weighted by atomic mass is 9.70. The van der Waals surface area contributed by atoms with Gasteiger partial charge in [0.25, 0.3) is 0 Å². The van der Waals surface area contributed by atoms with Crippen LogP contribution in [-0.2, 0) is 10.8 Å². The predicted molar refractivity (Wildman–Crippen MR) is 561 cm³/mol. The molecular formula is C130H78N2OS. The van der Waals surface area contributed by atoms with Gasteiger partial charge in [-0.3, -0.25) is 0 Å². The summed E-state index contributed by atoms with van der Waals surface area (Å²) >= 11 is 1.88. The molecule has 2 heterocycles. The summed E-state index contributed by atoms with van der Waals surface area (Å²) in [4.78, 5) is 4.89. The molecule has 4 heteroatoms. The average molecular weight is 1720 g/mol. The van der Waals surface area contributed by atoms with E-state index in [0.717, 1.165) is 67.2 Å². The topological polar surface area (TPSA) is 19.6 Å². The summed E-state index contributed by atoms with van der Waals surface area (Å²) in [6.07, 6.45) is 0. The molecule has 6 aliphatic rings. The Kier molecular flexibility index (Phi) is 16.1. The van der Waals surface area contributed by atoms with Crippen molar-refractivity contribution >= 4 is 109 Å². The van der Waals surface area contributed by atoms with E-state index in [-0.39, 0.29) is 0 Å². The average Bonchev–Trinajstić information content (AvgIpc) is 1.51. The van der Waals surface area contributed by atoms with Crippen molar-refractivity contribution in [1.82, 2.24) is 0 Å². The Morgan fingerprint density at radius 1 is 0.172 bits per heavy atom. The molecule has 0 fully saturated rings. The summed E-state index contributed by atoms with van der Waals surface area (Å²) in [7, 11) is 0. The van der Waals surface area contributed by atoms with E-state index in [1.54, 1.807) is 0 Å². The number of anilines is 6. The first-order chi connectivity index (χ1) is 66.5. The Labute approximate surface area is 779 Å². The first-order valence-electron chi connectivity index (χ1n) is 46.5. The minimum Gasteiger partial charge on any atom is -0.455 e. The largest absolute Gasteiger partial charge is 0.455 e. The maximum atomic E-state index is 6.52. The van der Waals surface area contributed by atoms with Gasteiger partial charge in [0.1, 0.15) is 11.2 Å². The number of rotatable bonds is 10. The molecule has 24 aromatic rings. The lowest BCUT2D eigenvalue weighted by Gasteiger charge is -2.32. The van der Waals surface area contributed by atoms with E-state index in [0.29, 0.717) is 0 Å². The van der Waals surface area contributed by atoms with E-state index in [1.807, 2.05) is 17.4 Å². The molecule has 6 aliphatic carbocycles. The lowest BCUT2D eigenvalue weighted by molar-refractivity contribution is 0.670. The molecule has 0 saturated carbocycles. The number of benzene rings is 22. The Balaban J connectivity index is 0.000000131. The fraction of sp³-hybridized carbons (Fsp3) is 0.0154. The van der Waals surface area contributed by atoms with Gasteiger partial charge in [0.05, 0.1) is 10.8 Å². The number of nitrogens with zero attached hydrogens (tertiary/aromatic N) is 2. The van der Waals surface area contributed by atoms with Crippen LogP contribution in [0.25, 0.3) is 197 Å². The molecule has 0 unspecified atom stereocenters. The van der Waals surface area contributed by atoms with E-state index in [4.69, 9.17) is 4.42 Å². The zero-order valence-corrected chi connectivity index (χ0v) is 73.6. The molecule has 620 valence electrons. The number of hydrogen-bond acceptors (Lipinski definition) is 4. The minimum atomic E-state index is -0.449. The van der Waals surface area contributed by atoms with Crippen molar-refractivity contribution in [2.24, 2.45) is 0 Å². The second-order valence-electron chi connectivity index (χ2n) is 36.5. The summed E-state index contributed by atoms with van der Waals surface area (Å²) in [5.74, 6) is 0. The van der Waals surface area contributed by atoms with Crippen molar-refractivity contribution in [3.05, 3.63) is 518 Å². The molecule has 22 aromatic carbocycles. The van der Waals surface area contributed by atoms with Gasteiger partial charge in [-0.1, -0.05) is 388 Å². The van der Waals surface area contributed by atoms with Gasteiger partial charge < -0.3 is 14.2 Å². The lowest BCUT2D eigenvalue weighted by Crippen LogP contribution is -2.26. The maximum Gasteiger partial charge on any atom is 0.143 e. The summed E-state index contributed by atoms with van der Waals surface area (Å²) < 4.78 is 9.17. The summed E-state index contributed by atoms with van der Waals surface area (Å²) in [5, 5.41) is 10.2. The molecule has 2 spiro atoms. The molecule has 30 rings (SSSR count). The molecule has 3 nitrogen and oxygen atoms in total. The molecule has 0 saturated heterocycles. The van der Waals surface area contributed by atoms with E-state index >= 15 is 0 Å². The first kappa shape index (κ1) is 74.9. The third kappa shape index (κ3) is 10.5. The van der Waals surface area contributed by atoms with Gasteiger partial charge in [0.2, 0.25) is 0 Å². The quantitative estimate of drug-likeness (QED) is 0.136. The highest BCUT2D eigenvalue weighted by atomic mass is 32.1. The maximum absolute atomic E-state index is 6.52. The second kappa shape index (κ2) is 28.7. The Bertz CT molecular complexity index is 8430. The standard InChI is InChI=1S/C65H39NO.C65H39NS/c2*1-2-14-48-47(13-1)55-21-12-20-54-45(37-38-56(48)63(54)55)40-27-31-42(32-28-40)66(43-33-29-41(30-34-43)46-19-11-22-57-53-18-6-10-26-62(53)67-64(46)57)44-35-36-52-51-17-5-9-25-60(51)65(61(52)39-44)58-23-7-3-15-49(58)50-16-4-8-24-59(50)65/h2*1-39H. The zero-order chi connectivity index (χ0) is 87.6. The van der Waals surface area contributed by atoms with Crippen molar-refractivity contribution in [3.8, 4) is 134 Å². The van der Waals surface area contributed by atoms with Gasteiger partial charge in [-0.05, 0) is 279 Å². The van der Waals surface area contributed by atoms with Crippen molar-refractivity contribution in [2.45, 2.75) is 10.8 Å². The smallest absolute Gasteiger partial charge is 0.143 e. The molecule has 0 bridgehead atoms. The van der Waals surface area contributed by atoms with Crippen LogP contribution < -0.4 is 9.80 Å². The number of para-hydroxylation sites is 2. The molecule has 0 aliphatic heterocycles. The molecule has 0 N–H and O–H groups in total. The third-order valence-corrected chi connectivity index (χ3v) is 31.3. The Morgan fingerprint density at radius 3 is 0.851 bits per heavy atom. The van der Waals surface area contributed by atoms with Gasteiger partial charge in [0, 0.05) is 70.6 Å². The SMILES string of the molecule is c1ccc2c(c1)-c1cccc3c(-c4ccc(N(c5ccc(-c6cccc7c6oc6ccccc67)cc5)c5ccc6c(c5)C5(c7ccccc7-c7ccccc75)c5ccccc5-6)cc4)ccc-2c13.c1ccc2c(c1)-c1cccc3c(-c4ccc(N(c5ccc(-c6cccc7c6sc6ccccc67)cc5)c5ccc6c(c5)C5(c7ccccc7-c7ccccc75)c5ccccc5-6)cc4)ccc-2c13. The molecule has 134 heavy (non-hydrogen) atoms. The number of furan rings is 1. The molecule has 0 atom stereocenters. The van der Waals surface area contributed by atoms with Crippen LogP contribution in [0.1, 0.15) is 44.5 Å². The van der Waals surface area contributed by atoms with Crippen LogP contribution in [0, 0.1) is 0 Å². The summed E-state index contributed by atoms with van der Waals surface area (Å²) in [5.41, 5.74) is 48.8. The van der Waals surface area contributed by atoms with Gasteiger partial charge in [-0.15, -0.1) is 11.3 Å². The van der Waals surface area contributed by atoms with Crippen LogP contribution in [0.2, 0.25) is 0 Å². The fourth-order valence-corrected chi connectivity index (χ4v) is 25.8. The first-order valence-corrected chi connectivity index (χ1v) is 47.3. The van der Waals surface area contributed by atoms with Crippen molar-refractivity contribution in [3.63, 3.8) is 0 Å². The van der Waals surface area contributed by atoms with Gasteiger partial charge in [-0.2, -0.15) is 0 Å². The zero-order valence-electron chi connectivity index (χ0n) is 72.7. The van der Waals surface area contributed by atoms with Crippen LogP contribution in [-0.4, -0.2) is 0 Å². The van der Waals surface area contributed by atoms with E-state index < -0.39 is 10.8 Å². The number of fused-ring (bicyclic) bond motifs is 32. The molecule has 0 amide bonds. The Hall–Kier alpha value is -17.0. The Morgan fingerprint density at radius 2 is 0.440 bits per heavy atom. The van der Waals surface area contributed by atoms with E-state index in [1.165, 1.54) is 209 Å². The minimum absolute atomic E-state index is 0.438. The highest BCUT2D eigenvalue weighted by Gasteiger charge is 2.54. The van der Waals surface area contributed by atoms with Crippen LogP contribution in [0.4, 0.5) is 34.1 Å². The van der Waals surface area contributed by atoms with E-state index in [9.17, 15) is 0 Å². The van der Waals surface area contributed by atoms with Crippen molar-refractivity contribution in [2.75, 3.05) is 9.80 Å². The monoisotopic (exact) mass is 1710 g/mol. The molecule has 2 aromatic heterocycles. The predicted octanol–water partition coefficient (Wildman–Crippen LogP) is 35.5. The third-order valence-electron chi connectivity index (χ3n) is 30.1. The molecule has 0 radical (unpaired) electrons. The summed E-state index contributed by atoms with van der Waals surface area (Å²) in [6.45, 7) is 0.